The second-order valence-electron chi connectivity index (χ2n) is 9.53. The molecule has 8 heteroatoms. The first kappa shape index (κ1) is 28.1. The molecule has 1 aromatic heterocycles. The summed E-state index contributed by atoms with van der Waals surface area (Å²) < 4.78 is 8.17. The van der Waals surface area contributed by atoms with Gasteiger partial charge >= 0.3 is 6.03 Å². The van der Waals surface area contributed by atoms with Gasteiger partial charge in [0.05, 0.1) is 29.2 Å². The average Bonchev–Trinajstić information content (AvgIpc) is 2.99. The maximum absolute atomic E-state index is 14.0. The monoisotopic (exact) mass is 610 g/mol. The van der Waals surface area contributed by atoms with Gasteiger partial charge in [-0.1, -0.05) is 65.3 Å². The zero-order valence-electron chi connectivity index (χ0n) is 23.0. The largest absolute Gasteiger partial charge is 0.494 e. The van der Waals surface area contributed by atoms with Crippen LogP contribution in [0, 0.1) is 0 Å². The summed E-state index contributed by atoms with van der Waals surface area (Å²) in [5.74, 6) is 1.20. The molecule has 0 aliphatic heterocycles. The van der Waals surface area contributed by atoms with Gasteiger partial charge in [0, 0.05) is 16.7 Å². The Morgan fingerprint density at radius 1 is 0.927 bits per heavy atom. The molecule has 7 nitrogen and oxygen atoms in total. The van der Waals surface area contributed by atoms with Crippen molar-refractivity contribution in [3.8, 4) is 11.4 Å². The maximum atomic E-state index is 14.0. The van der Waals surface area contributed by atoms with Crippen molar-refractivity contribution in [1.29, 1.82) is 0 Å². The molecule has 0 fully saturated rings. The molecule has 1 unspecified atom stereocenters. The lowest BCUT2D eigenvalue weighted by Crippen LogP contribution is -2.40. The van der Waals surface area contributed by atoms with Crippen LogP contribution < -0.4 is 15.6 Å². The number of nitrogens with zero attached hydrogens (tertiary/aromatic N) is 3. The molecular formula is C33H31BrN4O3. The Morgan fingerprint density at radius 2 is 1.61 bits per heavy atom. The van der Waals surface area contributed by atoms with Crippen LogP contribution in [0.2, 0.25) is 0 Å². The quantitative estimate of drug-likeness (QED) is 0.185. The van der Waals surface area contributed by atoms with Crippen molar-refractivity contribution in [3.63, 3.8) is 0 Å². The minimum Gasteiger partial charge on any atom is -0.494 e. The summed E-state index contributed by atoms with van der Waals surface area (Å²) >= 11 is 3.45. The van der Waals surface area contributed by atoms with Crippen molar-refractivity contribution >= 4 is 38.6 Å². The van der Waals surface area contributed by atoms with Crippen LogP contribution in [-0.4, -0.2) is 27.1 Å². The number of anilines is 1. The molecule has 1 atom stereocenters. The lowest BCUT2D eigenvalue weighted by molar-refractivity contribution is 0.177. The molecule has 1 N–H and O–H groups in total. The number of para-hydroxylation sites is 1. The third-order valence-electron chi connectivity index (χ3n) is 6.82. The molecule has 0 bridgehead atoms. The van der Waals surface area contributed by atoms with Gasteiger partial charge in [0.25, 0.3) is 5.56 Å². The second-order valence-corrected chi connectivity index (χ2v) is 10.4. The first-order valence-electron chi connectivity index (χ1n) is 13.6. The molecule has 2 amide bonds. The lowest BCUT2D eigenvalue weighted by Gasteiger charge is -2.32. The van der Waals surface area contributed by atoms with Gasteiger partial charge in [0.15, 0.2) is 0 Å². The van der Waals surface area contributed by atoms with Crippen molar-refractivity contribution in [1.82, 2.24) is 14.5 Å². The molecule has 0 aliphatic rings. The Balaban J connectivity index is 1.65. The number of aromatic nitrogens is 2. The maximum Gasteiger partial charge on any atom is 0.322 e. The highest BCUT2D eigenvalue weighted by Crippen LogP contribution is 2.29. The number of benzene rings is 4. The number of halogens is 1. The average molecular weight is 612 g/mol. The van der Waals surface area contributed by atoms with E-state index in [1.165, 1.54) is 0 Å². The second kappa shape index (κ2) is 12.8. The number of hydrogen-bond acceptors (Lipinski definition) is 4. The SMILES string of the molecule is CCOc1ccc(-n2c(C(CC)N(Cc3ccccc3)C(=O)Nc3ccc(Br)cc3)nc3ccccc3c2=O)cc1. The van der Waals surface area contributed by atoms with E-state index in [0.29, 0.717) is 53.4 Å². The highest BCUT2D eigenvalue weighted by molar-refractivity contribution is 9.10. The van der Waals surface area contributed by atoms with E-state index in [2.05, 4.69) is 21.2 Å². The van der Waals surface area contributed by atoms with E-state index >= 15 is 0 Å². The van der Waals surface area contributed by atoms with Gasteiger partial charge in [-0.2, -0.15) is 0 Å². The molecule has 0 aliphatic carbocycles. The van der Waals surface area contributed by atoms with Crippen molar-refractivity contribution in [2.75, 3.05) is 11.9 Å². The molecule has 0 radical (unpaired) electrons. The van der Waals surface area contributed by atoms with Crippen LogP contribution in [0.15, 0.2) is 112 Å². The first-order chi connectivity index (χ1) is 20.0. The van der Waals surface area contributed by atoms with Crippen LogP contribution in [0.4, 0.5) is 10.5 Å². The molecule has 208 valence electrons. The minimum absolute atomic E-state index is 0.193. The summed E-state index contributed by atoms with van der Waals surface area (Å²) in [5.41, 5.74) is 2.68. The number of carbonyl (C=O) groups is 1. The molecule has 0 spiro atoms. The Kier molecular flexibility index (Phi) is 8.79. The number of ether oxygens (including phenoxy) is 1. The predicted octanol–water partition coefficient (Wildman–Crippen LogP) is 7.73. The van der Waals surface area contributed by atoms with Gasteiger partial charge in [0.2, 0.25) is 0 Å². The van der Waals surface area contributed by atoms with Gasteiger partial charge in [-0.15, -0.1) is 0 Å². The summed E-state index contributed by atoms with van der Waals surface area (Å²) in [7, 11) is 0. The fourth-order valence-electron chi connectivity index (χ4n) is 4.86. The molecule has 41 heavy (non-hydrogen) atoms. The van der Waals surface area contributed by atoms with Crippen molar-refractivity contribution in [2.45, 2.75) is 32.9 Å². The van der Waals surface area contributed by atoms with Crippen LogP contribution in [0.1, 0.15) is 37.7 Å². The van der Waals surface area contributed by atoms with Crippen LogP contribution in [0.3, 0.4) is 0 Å². The number of fused-ring (bicyclic) bond motifs is 1. The number of nitrogens with one attached hydrogen (secondary N) is 1. The fourth-order valence-corrected chi connectivity index (χ4v) is 5.12. The standard InChI is InChI=1S/C33H31BrN4O3/c1-3-30(37(22-23-10-6-5-7-11-23)33(40)35-25-16-14-24(34)15-17-25)31-36-29-13-9-8-12-28(29)32(39)38(31)26-18-20-27(21-19-26)41-4-2/h5-21,30H,3-4,22H2,1-2H3,(H,35,40). The Hall–Kier alpha value is -4.43. The summed E-state index contributed by atoms with van der Waals surface area (Å²) in [6, 6.07) is 31.1. The van der Waals surface area contributed by atoms with Crippen LogP contribution in [-0.2, 0) is 6.54 Å². The van der Waals surface area contributed by atoms with Gasteiger partial charge in [0.1, 0.15) is 11.6 Å². The van der Waals surface area contributed by atoms with Gasteiger partial charge in [-0.05, 0) is 79.6 Å². The minimum atomic E-state index is -0.519. The van der Waals surface area contributed by atoms with Crippen LogP contribution >= 0.6 is 15.9 Å². The van der Waals surface area contributed by atoms with E-state index in [-0.39, 0.29) is 11.6 Å². The number of amides is 2. The molecule has 0 saturated heterocycles. The summed E-state index contributed by atoms with van der Waals surface area (Å²) in [4.78, 5) is 34.7. The molecule has 5 aromatic rings. The van der Waals surface area contributed by atoms with Crippen LogP contribution in [0.25, 0.3) is 16.6 Å². The molecule has 0 saturated carbocycles. The van der Waals surface area contributed by atoms with Crippen LogP contribution in [0.5, 0.6) is 5.75 Å². The third kappa shape index (κ3) is 6.33. The number of hydrogen-bond donors (Lipinski definition) is 1. The Bertz CT molecular complexity index is 1690. The van der Waals surface area contributed by atoms with Crippen molar-refractivity contribution < 1.29 is 9.53 Å². The zero-order chi connectivity index (χ0) is 28.8. The van der Waals surface area contributed by atoms with E-state index in [1.807, 2.05) is 111 Å². The van der Waals surface area contributed by atoms with Gasteiger partial charge in [-0.3, -0.25) is 9.36 Å². The summed E-state index contributed by atoms with van der Waals surface area (Å²) in [6.07, 6.45) is 0.530. The van der Waals surface area contributed by atoms with E-state index in [4.69, 9.17) is 9.72 Å². The highest BCUT2D eigenvalue weighted by atomic mass is 79.9. The van der Waals surface area contributed by atoms with E-state index in [9.17, 15) is 9.59 Å². The van der Waals surface area contributed by atoms with E-state index in [1.54, 1.807) is 15.5 Å². The normalized spacial score (nSPS) is 11.7. The van der Waals surface area contributed by atoms with Crippen molar-refractivity contribution in [2.24, 2.45) is 0 Å². The molecule has 5 rings (SSSR count). The fraction of sp³-hybridized carbons (Fsp3) is 0.182. The van der Waals surface area contributed by atoms with E-state index in [0.717, 1.165) is 10.0 Å². The first-order valence-corrected chi connectivity index (χ1v) is 14.4. The Morgan fingerprint density at radius 3 is 2.29 bits per heavy atom. The predicted molar refractivity (Wildman–Crippen MR) is 167 cm³/mol. The highest BCUT2D eigenvalue weighted by Gasteiger charge is 2.29. The zero-order valence-corrected chi connectivity index (χ0v) is 24.5. The number of rotatable bonds is 9. The lowest BCUT2D eigenvalue weighted by atomic mass is 10.1. The molecule has 4 aromatic carbocycles. The number of carbonyl (C=O) groups excluding carboxylic acids is 1. The summed E-state index contributed by atoms with van der Waals surface area (Å²) in [5, 5.41) is 3.55. The van der Waals surface area contributed by atoms with Crippen molar-refractivity contribution in [3.05, 3.63) is 129 Å². The Labute approximate surface area is 247 Å². The summed E-state index contributed by atoms with van der Waals surface area (Å²) in [6.45, 7) is 4.80. The number of urea groups is 1. The molecular weight excluding hydrogens is 580 g/mol. The molecule has 1 heterocycles. The third-order valence-corrected chi connectivity index (χ3v) is 7.35. The smallest absolute Gasteiger partial charge is 0.322 e. The van der Waals surface area contributed by atoms with Gasteiger partial charge < -0.3 is 15.0 Å². The van der Waals surface area contributed by atoms with Gasteiger partial charge in [-0.25, -0.2) is 9.78 Å². The topological polar surface area (TPSA) is 76.5 Å². The van der Waals surface area contributed by atoms with E-state index < -0.39 is 6.04 Å².